The smallest absolute Gasteiger partial charge is 0.457 e. The van der Waals surface area contributed by atoms with Gasteiger partial charge in [-0.25, -0.2) is 4.79 Å². The third kappa shape index (κ3) is 5.09. The first kappa shape index (κ1) is 14.9. The van der Waals surface area contributed by atoms with Gasteiger partial charge in [0.25, 0.3) is 0 Å². The number of hydrogen-bond donors (Lipinski definition) is 0. The van der Waals surface area contributed by atoms with Crippen LogP contribution in [-0.2, 0) is 9.53 Å². The van der Waals surface area contributed by atoms with E-state index >= 15 is 0 Å². The summed E-state index contributed by atoms with van der Waals surface area (Å²) in [5.74, 6) is -6.23. The minimum atomic E-state index is -5.70. The monoisotopic (exact) mass is 246 g/mol. The van der Waals surface area contributed by atoms with Gasteiger partial charge in [0, 0.05) is 12.2 Å². The Kier molecular flexibility index (Phi) is 5.40. The summed E-state index contributed by atoms with van der Waals surface area (Å²) in [4.78, 5) is 10.7. The minimum Gasteiger partial charge on any atom is -0.463 e. The Hall–Kier alpha value is -1.14. The summed E-state index contributed by atoms with van der Waals surface area (Å²) in [6.45, 7) is 1.80. The van der Waals surface area contributed by atoms with Gasteiger partial charge in [-0.2, -0.15) is 22.0 Å². The molecule has 0 rings (SSSR count). The zero-order chi connectivity index (χ0) is 12.8. The Morgan fingerprint density at radius 3 is 2.25 bits per heavy atom. The molecule has 0 aliphatic carbocycles. The Labute approximate surface area is 89.1 Å². The van der Waals surface area contributed by atoms with Gasteiger partial charge >= 0.3 is 18.1 Å². The van der Waals surface area contributed by atoms with E-state index in [1.165, 1.54) is 0 Å². The molecule has 0 aliphatic heterocycles. The fourth-order valence-electron chi connectivity index (χ4n) is 0.632. The average molecular weight is 246 g/mol. The van der Waals surface area contributed by atoms with E-state index in [9.17, 15) is 26.7 Å². The lowest BCUT2D eigenvalue weighted by Gasteiger charge is -2.14. The summed E-state index contributed by atoms with van der Waals surface area (Å²) in [7, 11) is 0. The average Bonchev–Trinajstić information content (AvgIpc) is 2.13. The molecule has 0 fully saturated rings. The van der Waals surface area contributed by atoms with Crippen molar-refractivity contribution >= 4 is 5.97 Å². The van der Waals surface area contributed by atoms with Crippen molar-refractivity contribution in [2.24, 2.45) is 0 Å². The van der Waals surface area contributed by atoms with E-state index in [-0.39, 0.29) is 12.7 Å². The molecule has 0 amide bonds. The molecule has 0 aliphatic rings. The van der Waals surface area contributed by atoms with Crippen LogP contribution in [0.3, 0.4) is 0 Å². The third-order valence-electron chi connectivity index (χ3n) is 1.55. The highest BCUT2D eigenvalue weighted by Gasteiger charge is 2.55. The zero-order valence-electron chi connectivity index (χ0n) is 8.48. The van der Waals surface area contributed by atoms with Crippen LogP contribution in [0.25, 0.3) is 0 Å². The molecule has 7 heteroatoms. The molecule has 0 unspecified atom stereocenters. The van der Waals surface area contributed by atoms with Gasteiger partial charge in [-0.05, 0) is 6.42 Å². The Morgan fingerprint density at radius 1 is 1.25 bits per heavy atom. The molecule has 0 atom stereocenters. The van der Waals surface area contributed by atoms with Crippen LogP contribution < -0.4 is 0 Å². The molecule has 0 saturated carbocycles. The van der Waals surface area contributed by atoms with Crippen LogP contribution in [0.15, 0.2) is 12.2 Å². The predicted molar refractivity (Wildman–Crippen MR) is 46.0 cm³/mol. The maximum Gasteiger partial charge on any atom is 0.457 e. The first-order valence-corrected chi connectivity index (χ1v) is 4.51. The van der Waals surface area contributed by atoms with Gasteiger partial charge in [0.15, 0.2) is 0 Å². The number of unbranched alkanes of at least 4 members (excludes halogenated alkanes) is 1. The Bertz CT molecular complexity index is 257. The second-order valence-corrected chi connectivity index (χ2v) is 2.98. The van der Waals surface area contributed by atoms with Crippen molar-refractivity contribution in [3.63, 3.8) is 0 Å². The fraction of sp³-hybridized carbons (Fsp3) is 0.667. The highest BCUT2D eigenvalue weighted by molar-refractivity contribution is 5.82. The number of alkyl halides is 5. The standard InChI is InChI=1S/C9H11F5O2/c1-2-3-6-16-7(15)4-5-8(10,11)9(12,13)14/h4-5H,2-3,6H2,1H3. The van der Waals surface area contributed by atoms with Crippen LogP contribution in [0.2, 0.25) is 0 Å². The van der Waals surface area contributed by atoms with Gasteiger partial charge in [0.2, 0.25) is 0 Å². The van der Waals surface area contributed by atoms with Crippen LogP contribution in [0.1, 0.15) is 19.8 Å². The summed E-state index contributed by atoms with van der Waals surface area (Å²) >= 11 is 0. The molecule has 0 aromatic rings. The topological polar surface area (TPSA) is 26.3 Å². The Morgan fingerprint density at radius 2 is 1.81 bits per heavy atom. The molecule has 2 nitrogen and oxygen atoms in total. The van der Waals surface area contributed by atoms with E-state index in [1.54, 1.807) is 0 Å². The van der Waals surface area contributed by atoms with Gasteiger partial charge in [-0.1, -0.05) is 13.3 Å². The van der Waals surface area contributed by atoms with Gasteiger partial charge < -0.3 is 4.74 Å². The second-order valence-electron chi connectivity index (χ2n) is 2.98. The van der Waals surface area contributed by atoms with Crippen LogP contribution in [0, 0.1) is 0 Å². The summed E-state index contributed by atoms with van der Waals surface area (Å²) in [5, 5.41) is 0. The molecule has 0 aromatic carbocycles. The van der Waals surface area contributed by atoms with E-state index < -0.39 is 24.1 Å². The van der Waals surface area contributed by atoms with Crippen molar-refractivity contribution in [3.05, 3.63) is 12.2 Å². The van der Waals surface area contributed by atoms with Crippen LogP contribution >= 0.6 is 0 Å². The van der Waals surface area contributed by atoms with E-state index in [0.717, 1.165) is 6.42 Å². The summed E-state index contributed by atoms with van der Waals surface area (Å²) in [6.07, 6.45) is -4.89. The maximum atomic E-state index is 12.3. The zero-order valence-corrected chi connectivity index (χ0v) is 8.48. The fourth-order valence-corrected chi connectivity index (χ4v) is 0.632. The SMILES string of the molecule is CCCCOC(=O)C=CC(F)(F)C(F)(F)F. The predicted octanol–water partition coefficient (Wildman–Crippen LogP) is 3.08. The van der Waals surface area contributed by atoms with E-state index in [2.05, 4.69) is 4.74 Å². The molecular formula is C9H11F5O2. The second kappa shape index (κ2) is 5.81. The lowest BCUT2D eigenvalue weighted by atomic mass is 10.3. The normalized spacial score (nSPS) is 13.1. The van der Waals surface area contributed by atoms with Gasteiger partial charge in [-0.15, -0.1) is 0 Å². The third-order valence-corrected chi connectivity index (χ3v) is 1.55. The lowest BCUT2D eigenvalue weighted by Crippen LogP contribution is -2.34. The van der Waals surface area contributed by atoms with E-state index in [0.29, 0.717) is 6.42 Å². The molecule has 0 aromatic heterocycles. The molecule has 16 heavy (non-hydrogen) atoms. The summed E-state index contributed by atoms with van der Waals surface area (Å²) in [6, 6.07) is 0. The molecule has 0 spiro atoms. The number of carbonyl (C=O) groups excluding carboxylic acids is 1. The van der Waals surface area contributed by atoms with Gasteiger partial charge in [-0.3, -0.25) is 0 Å². The van der Waals surface area contributed by atoms with Crippen molar-refractivity contribution < 1.29 is 31.5 Å². The first-order chi connectivity index (χ1) is 7.20. The van der Waals surface area contributed by atoms with Crippen molar-refractivity contribution in [3.8, 4) is 0 Å². The largest absolute Gasteiger partial charge is 0.463 e. The van der Waals surface area contributed by atoms with Crippen LogP contribution in [0.4, 0.5) is 22.0 Å². The van der Waals surface area contributed by atoms with Gasteiger partial charge in [0.05, 0.1) is 6.61 Å². The van der Waals surface area contributed by atoms with Gasteiger partial charge in [0.1, 0.15) is 0 Å². The molecular weight excluding hydrogens is 235 g/mol. The van der Waals surface area contributed by atoms with Crippen LogP contribution in [0.5, 0.6) is 0 Å². The highest BCUT2D eigenvalue weighted by Crippen LogP contribution is 2.36. The van der Waals surface area contributed by atoms with Crippen molar-refractivity contribution in [2.75, 3.05) is 6.61 Å². The van der Waals surface area contributed by atoms with E-state index in [1.807, 2.05) is 6.92 Å². The number of carbonyl (C=O) groups is 1. The number of ether oxygens (including phenoxy) is 1. The number of esters is 1. The van der Waals surface area contributed by atoms with Crippen LogP contribution in [-0.4, -0.2) is 24.7 Å². The van der Waals surface area contributed by atoms with Crippen molar-refractivity contribution in [2.45, 2.75) is 31.9 Å². The number of rotatable bonds is 5. The number of hydrogen-bond acceptors (Lipinski definition) is 2. The summed E-state index contributed by atoms with van der Waals surface area (Å²) in [5.41, 5.74) is 0. The first-order valence-electron chi connectivity index (χ1n) is 4.51. The highest BCUT2D eigenvalue weighted by atomic mass is 19.4. The quantitative estimate of drug-likeness (QED) is 0.322. The number of halogens is 5. The van der Waals surface area contributed by atoms with Crippen molar-refractivity contribution in [1.82, 2.24) is 0 Å². The minimum absolute atomic E-state index is 0.00272. The lowest BCUT2D eigenvalue weighted by molar-refractivity contribution is -0.259. The molecule has 0 bridgehead atoms. The molecule has 0 heterocycles. The molecule has 94 valence electrons. The van der Waals surface area contributed by atoms with Crippen molar-refractivity contribution in [1.29, 1.82) is 0 Å². The number of allylic oxidation sites excluding steroid dienone is 1. The Balaban J connectivity index is 4.22. The molecule has 0 radical (unpaired) electrons. The maximum absolute atomic E-state index is 12.3. The summed E-state index contributed by atoms with van der Waals surface area (Å²) < 4.78 is 63.8. The van der Waals surface area contributed by atoms with E-state index in [4.69, 9.17) is 0 Å². The molecule has 0 N–H and O–H groups in total. The molecule has 0 saturated heterocycles.